The van der Waals surface area contributed by atoms with E-state index in [9.17, 15) is 4.39 Å². The van der Waals surface area contributed by atoms with Gasteiger partial charge in [-0.05, 0) is 18.4 Å². The SMILES string of the molecule is CSCCc1nc([C@H]2COCCO2)n(Cc2c(F)cccc2Cl)n1. The normalized spacial score (nSPS) is 18.0. The average molecular weight is 372 g/mol. The van der Waals surface area contributed by atoms with Crippen molar-refractivity contribution in [2.24, 2.45) is 0 Å². The van der Waals surface area contributed by atoms with E-state index in [-0.39, 0.29) is 18.5 Å². The Morgan fingerprint density at radius 3 is 3.00 bits per heavy atom. The lowest BCUT2D eigenvalue weighted by molar-refractivity contribution is -0.0949. The highest BCUT2D eigenvalue weighted by atomic mass is 35.5. The molecule has 1 atom stereocenters. The van der Waals surface area contributed by atoms with Crippen LogP contribution in [0.15, 0.2) is 18.2 Å². The Kier molecular flexibility index (Phi) is 6.10. The molecular formula is C16H19ClFN3O2S. The summed E-state index contributed by atoms with van der Waals surface area (Å²) < 4.78 is 27.0. The van der Waals surface area contributed by atoms with Gasteiger partial charge in [-0.1, -0.05) is 17.7 Å². The zero-order chi connectivity index (χ0) is 16.9. The van der Waals surface area contributed by atoms with E-state index in [0.717, 1.165) is 18.0 Å². The summed E-state index contributed by atoms with van der Waals surface area (Å²) in [6, 6.07) is 4.66. The van der Waals surface area contributed by atoms with Gasteiger partial charge in [0.05, 0.1) is 26.4 Å². The van der Waals surface area contributed by atoms with Crippen molar-refractivity contribution in [3.8, 4) is 0 Å². The van der Waals surface area contributed by atoms with Gasteiger partial charge in [0.15, 0.2) is 11.6 Å². The number of aryl methyl sites for hydroxylation is 1. The van der Waals surface area contributed by atoms with Crippen LogP contribution in [0.4, 0.5) is 4.39 Å². The summed E-state index contributed by atoms with van der Waals surface area (Å²) >= 11 is 7.88. The van der Waals surface area contributed by atoms with Crippen LogP contribution in [0, 0.1) is 5.82 Å². The second kappa shape index (κ2) is 8.29. The smallest absolute Gasteiger partial charge is 0.159 e. The number of halogens is 2. The highest BCUT2D eigenvalue weighted by molar-refractivity contribution is 7.98. The molecule has 0 spiro atoms. The zero-order valence-electron chi connectivity index (χ0n) is 13.4. The molecule has 0 radical (unpaired) electrons. The van der Waals surface area contributed by atoms with Gasteiger partial charge in [0.25, 0.3) is 0 Å². The predicted octanol–water partition coefficient (Wildman–Crippen LogP) is 3.11. The lowest BCUT2D eigenvalue weighted by Crippen LogP contribution is -2.25. The highest BCUT2D eigenvalue weighted by Crippen LogP contribution is 2.24. The molecule has 5 nitrogen and oxygen atoms in total. The van der Waals surface area contributed by atoms with E-state index in [1.807, 2.05) is 6.26 Å². The number of rotatable bonds is 6. The first-order valence-corrected chi connectivity index (χ1v) is 9.51. The third-order valence-electron chi connectivity index (χ3n) is 3.75. The molecule has 2 heterocycles. The minimum absolute atomic E-state index is 0.215. The van der Waals surface area contributed by atoms with Gasteiger partial charge in [-0.25, -0.2) is 14.1 Å². The lowest BCUT2D eigenvalue weighted by atomic mass is 10.2. The number of benzene rings is 1. The Morgan fingerprint density at radius 1 is 1.42 bits per heavy atom. The van der Waals surface area contributed by atoms with Gasteiger partial charge in [-0.15, -0.1) is 0 Å². The molecule has 8 heteroatoms. The third-order valence-corrected chi connectivity index (χ3v) is 4.71. The third kappa shape index (κ3) is 4.08. The Labute approximate surface area is 149 Å². The summed E-state index contributed by atoms with van der Waals surface area (Å²) in [5, 5.41) is 4.91. The number of hydrogen-bond donors (Lipinski definition) is 0. The van der Waals surface area contributed by atoms with Crippen LogP contribution in [0.3, 0.4) is 0 Å². The Balaban J connectivity index is 1.90. The molecule has 1 aliphatic rings. The van der Waals surface area contributed by atoms with E-state index in [1.165, 1.54) is 6.07 Å². The van der Waals surface area contributed by atoms with E-state index in [0.29, 0.717) is 36.2 Å². The lowest BCUT2D eigenvalue weighted by Gasteiger charge is -2.22. The van der Waals surface area contributed by atoms with Crippen molar-refractivity contribution in [1.29, 1.82) is 0 Å². The van der Waals surface area contributed by atoms with E-state index < -0.39 is 0 Å². The van der Waals surface area contributed by atoms with Gasteiger partial charge in [-0.2, -0.15) is 16.9 Å². The van der Waals surface area contributed by atoms with Crippen molar-refractivity contribution < 1.29 is 13.9 Å². The molecule has 1 aliphatic heterocycles. The molecule has 1 saturated heterocycles. The Hall–Kier alpha value is -1.15. The van der Waals surface area contributed by atoms with Crippen molar-refractivity contribution >= 4 is 23.4 Å². The quantitative estimate of drug-likeness (QED) is 0.780. The summed E-state index contributed by atoms with van der Waals surface area (Å²) in [4.78, 5) is 4.59. The van der Waals surface area contributed by atoms with Gasteiger partial charge in [0.1, 0.15) is 11.9 Å². The summed E-state index contributed by atoms with van der Waals surface area (Å²) in [5.41, 5.74) is 0.401. The molecule has 130 valence electrons. The van der Waals surface area contributed by atoms with Crippen LogP contribution >= 0.6 is 23.4 Å². The fraction of sp³-hybridized carbons (Fsp3) is 0.500. The molecule has 0 saturated carbocycles. The number of hydrogen-bond acceptors (Lipinski definition) is 5. The maximum Gasteiger partial charge on any atom is 0.159 e. The maximum atomic E-state index is 14.1. The van der Waals surface area contributed by atoms with Crippen molar-refractivity contribution in [3.05, 3.63) is 46.3 Å². The van der Waals surface area contributed by atoms with E-state index in [4.69, 9.17) is 21.1 Å². The number of ether oxygens (including phenoxy) is 2. The fourth-order valence-electron chi connectivity index (χ4n) is 2.53. The second-order valence-corrected chi connectivity index (χ2v) is 6.81. The average Bonchev–Trinajstić information content (AvgIpc) is 3.00. The van der Waals surface area contributed by atoms with Crippen LogP contribution in [0.2, 0.25) is 5.02 Å². The zero-order valence-corrected chi connectivity index (χ0v) is 14.9. The van der Waals surface area contributed by atoms with Crippen LogP contribution < -0.4 is 0 Å². The van der Waals surface area contributed by atoms with Crippen LogP contribution in [-0.2, 0) is 22.4 Å². The van der Waals surface area contributed by atoms with Gasteiger partial charge in [0.2, 0.25) is 0 Å². The molecule has 0 N–H and O–H groups in total. The monoisotopic (exact) mass is 371 g/mol. The fourth-order valence-corrected chi connectivity index (χ4v) is 3.14. The second-order valence-electron chi connectivity index (χ2n) is 5.42. The van der Waals surface area contributed by atoms with Gasteiger partial charge in [0, 0.05) is 22.8 Å². The summed E-state index contributed by atoms with van der Waals surface area (Å²) in [6.45, 7) is 1.72. The molecule has 3 rings (SSSR count). The Morgan fingerprint density at radius 2 is 2.29 bits per heavy atom. The molecule has 1 fully saturated rings. The summed E-state index contributed by atoms with van der Waals surface area (Å²) in [7, 11) is 0. The topological polar surface area (TPSA) is 49.2 Å². The van der Waals surface area contributed by atoms with Crippen molar-refractivity contribution in [2.75, 3.05) is 31.8 Å². The van der Waals surface area contributed by atoms with Crippen LogP contribution in [0.25, 0.3) is 0 Å². The number of nitrogens with zero attached hydrogens (tertiary/aromatic N) is 3. The standard InChI is InChI=1S/C16H19ClFN3O2S/c1-24-8-5-15-19-16(14-10-22-6-7-23-14)21(20-15)9-11-12(17)3-2-4-13(11)18/h2-4,14H,5-10H2,1H3/t14-/m1/s1. The van der Waals surface area contributed by atoms with Crippen molar-refractivity contribution in [1.82, 2.24) is 14.8 Å². The molecule has 2 aromatic rings. The molecule has 0 unspecified atom stereocenters. The van der Waals surface area contributed by atoms with Crippen LogP contribution in [0.1, 0.15) is 23.3 Å². The molecule has 1 aromatic heterocycles. The van der Waals surface area contributed by atoms with Crippen molar-refractivity contribution in [2.45, 2.75) is 19.1 Å². The maximum absolute atomic E-state index is 14.1. The van der Waals surface area contributed by atoms with Crippen LogP contribution in [-0.4, -0.2) is 46.6 Å². The highest BCUT2D eigenvalue weighted by Gasteiger charge is 2.24. The molecule has 24 heavy (non-hydrogen) atoms. The number of thioether (sulfide) groups is 1. The molecule has 1 aromatic carbocycles. The molecular weight excluding hydrogens is 353 g/mol. The first-order valence-electron chi connectivity index (χ1n) is 7.74. The van der Waals surface area contributed by atoms with Crippen LogP contribution in [0.5, 0.6) is 0 Å². The van der Waals surface area contributed by atoms with E-state index in [1.54, 1.807) is 28.6 Å². The van der Waals surface area contributed by atoms with Crippen molar-refractivity contribution in [3.63, 3.8) is 0 Å². The predicted molar refractivity (Wildman–Crippen MR) is 92.1 cm³/mol. The first-order chi connectivity index (χ1) is 11.7. The van der Waals surface area contributed by atoms with E-state index in [2.05, 4.69) is 10.1 Å². The van der Waals surface area contributed by atoms with Gasteiger partial charge >= 0.3 is 0 Å². The number of aromatic nitrogens is 3. The summed E-state index contributed by atoms with van der Waals surface area (Å²) in [5.74, 6) is 1.95. The minimum Gasteiger partial charge on any atom is -0.376 e. The van der Waals surface area contributed by atoms with Gasteiger partial charge < -0.3 is 9.47 Å². The molecule has 0 bridgehead atoms. The minimum atomic E-state index is -0.351. The molecule has 0 aliphatic carbocycles. The summed E-state index contributed by atoms with van der Waals surface area (Å²) in [6.07, 6.45) is 2.49. The molecule has 0 amide bonds. The largest absolute Gasteiger partial charge is 0.376 e. The Bertz CT molecular complexity index is 672. The van der Waals surface area contributed by atoms with E-state index >= 15 is 0 Å². The first kappa shape index (κ1) is 17.7. The van der Waals surface area contributed by atoms with Gasteiger partial charge in [-0.3, -0.25) is 0 Å².